The van der Waals surface area contributed by atoms with Gasteiger partial charge in [0.15, 0.2) is 5.16 Å². The Labute approximate surface area is 171 Å². The Bertz CT molecular complexity index is 956. The SMILES string of the molecule is C[C@H](Sc1nc2cc(Cl)ccc2c(=O)n1CCC(=O)O)C(=O)NC1CCCC1. The van der Waals surface area contributed by atoms with Crippen molar-refractivity contribution in [2.24, 2.45) is 0 Å². The molecule has 0 spiro atoms. The first kappa shape index (κ1) is 20.7. The summed E-state index contributed by atoms with van der Waals surface area (Å²) < 4.78 is 1.33. The van der Waals surface area contributed by atoms with Crippen molar-refractivity contribution in [1.29, 1.82) is 0 Å². The average molecular weight is 424 g/mol. The Balaban J connectivity index is 1.90. The molecule has 1 aliphatic carbocycles. The Morgan fingerprint density at radius 3 is 2.79 bits per heavy atom. The van der Waals surface area contributed by atoms with Gasteiger partial charge in [0.1, 0.15) is 0 Å². The van der Waals surface area contributed by atoms with Crippen molar-refractivity contribution in [2.75, 3.05) is 0 Å². The predicted octanol–water partition coefficient (Wildman–Crippen LogP) is 3.06. The van der Waals surface area contributed by atoms with E-state index in [4.69, 9.17) is 16.7 Å². The molecule has 0 unspecified atom stereocenters. The molecule has 0 aliphatic heterocycles. The molecule has 1 amide bonds. The van der Waals surface area contributed by atoms with E-state index in [0.717, 1.165) is 37.4 Å². The highest BCUT2D eigenvalue weighted by Gasteiger charge is 2.23. The van der Waals surface area contributed by atoms with E-state index < -0.39 is 11.2 Å². The van der Waals surface area contributed by atoms with Gasteiger partial charge in [-0.1, -0.05) is 36.2 Å². The van der Waals surface area contributed by atoms with Crippen molar-refractivity contribution in [3.8, 4) is 0 Å². The summed E-state index contributed by atoms with van der Waals surface area (Å²) in [5.41, 5.74) is 0.0868. The molecule has 1 atom stereocenters. The second-order valence-corrected chi connectivity index (χ2v) is 8.65. The maximum Gasteiger partial charge on any atom is 0.305 e. The van der Waals surface area contributed by atoms with Crippen LogP contribution in [-0.2, 0) is 16.1 Å². The molecule has 1 aromatic heterocycles. The fourth-order valence-corrected chi connectivity index (χ4v) is 4.38. The number of rotatable bonds is 7. The standard InChI is InChI=1S/C19H22ClN3O4S/c1-11(17(26)21-13-4-2-3-5-13)28-19-22-15-10-12(20)6-7-14(15)18(27)23(19)9-8-16(24)25/h6-7,10-11,13H,2-5,8-9H2,1H3,(H,21,26)(H,24,25)/t11-/m0/s1. The molecule has 9 heteroatoms. The van der Waals surface area contributed by atoms with Crippen LogP contribution in [0.15, 0.2) is 28.2 Å². The summed E-state index contributed by atoms with van der Waals surface area (Å²) in [7, 11) is 0. The lowest BCUT2D eigenvalue weighted by molar-refractivity contribution is -0.137. The first-order chi connectivity index (χ1) is 13.3. The van der Waals surface area contributed by atoms with Gasteiger partial charge in [0.2, 0.25) is 5.91 Å². The Morgan fingerprint density at radius 1 is 1.39 bits per heavy atom. The predicted molar refractivity (Wildman–Crippen MR) is 109 cm³/mol. The molecule has 1 saturated carbocycles. The van der Waals surface area contributed by atoms with Gasteiger partial charge >= 0.3 is 5.97 Å². The Hall–Kier alpha value is -2.06. The molecule has 1 heterocycles. The first-order valence-electron chi connectivity index (χ1n) is 9.24. The van der Waals surface area contributed by atoms with Crippen molar-refractivity contribution in [1.82, 2.24) is 14.9 Å². The average Bonchev–Trinajstić information content (AvgIpc) is 3.13. The third kappa shape index (κ3) is 4.86. The van der Waals surface area contributed by atoms with Crippen LogP contribution in [0.3, 0.4) is 0 Å². The van der Waals surface area contributed by atoms with Crippen LogP contribution in [0.4, 0.5) is 0 Å². The molecular formula is C19H22ClN3O4S. The van der Waals surface area contributed by atoms with E-state index in [-0.39, 0.29) is 30.5 Å². The third-order valence-electron chi connectivity index (χ3n) is 4.78. The Morgan fingerprint density at radius 2 is 2.11 bits per heavy atom. The molecule has 1 fully saturated rings. The molecule has 0 radical (unpaired) electrons. The topological polar surface area (TPSA) is 101 Å². The lowest BCUT2D eigenvalue weighted by atomic mass is 10.2. The van der Waals surface area contributed by atoms with Crippen LogP contribution in [0, 0.1) is 0 Å². The van der Waals surface area contributed by atoms with Gasteiger partial charge in [-0.15, -0.1) is 0 Å². The zero-order chi connectivity index (χ0) is 20.3. The minimum Gasteiger partial charge on any atom is -0.481 e. The zero-order valence-corrected chi connectivity index (χ0v) is 17.1. The summed E-state index contributed by atoms with van der Waals surface area (Å²) in [5.74, 6) is -1.12. The number of hydrogen-bond donors (Lipinski definition) is 2. The quantitative estimate of drug-likeness (QED) is 0.524. The van der Waals surface area contributed by atoms with Crippen molar-refractivity contribution in [2.45, 2.75) is 62.0 Å². The number of aliphatic carboxylic acids is 1. The van der Waals surface area contributed by atoms with Gasteiger partial charge in [0, 0.05) is 17.6 Å². The van der Waals surface area contributed by atoms with Crippen molar-refractivity contribution >= 4 is 46.1 Å². The monoisotopic (exact) mass is 423 g/mol. The summed E-state index contributed by atoms with van der Waals surface area (Å²) in [6.07, 6.45) is 4.00. The van der Waals surface area contributed by atoms with Gasteiger partial charge in [-0.2, -0.15) is 0 Å². The number of fused-ring (bicyclic) bond motifs is 1. The van der Waals surface area contributed by atoms with Gasteiger partial charge in [0.25, 0.3) is 5.56 Å². The van der Waals surface area contributed by atoms with Crippen molar-refractivity contribution < 1.29 is 14.7 Å². The number of carboxylic acid groups (broad SMARTS) is 1. The number of thioether (sulfide) groups is 1. The third-order valence-corrected chi connectivity index (χ3v) is 6.11. The van der Waals surface area contributed by atoms with E-state index >= 15 is 0 Å². The second-order valence-electron chi connectivity index (χ2n) is 6.91. The summed E-state index contributed by atoms with van der Waals surface area (Å²) in [6, 6.07) is 4.97. The molecule has 0 saturated heterocycles. The molecule has 2 aromatic rings. The smallest absolute Gasteiger partial charge is 0.305 e. The number of hydrogen-bond acceptors (Lipinski definition) is 5. The molecule has 1 aromatic carbocycles. The number of nitrogens with one attached hydrogen (secondary N) is 1. The number of carbonyl (C=O) groups excluding carboxylic acids is 1. The summed E-state index contributed by atoms with van der Waals surface area (Å²) >= 11 is 7.17. The highest BCUT2D eigenvalue weighted by atomic mass is 35.5. The number of benzene rings is 1. The maximum absolute atomic E-state index is 12.9. The van der Waals surface area contributed by atoms with Crippen LogP contribution >= 0.6 is 23.4 Å². The van der Waals surface area contributed by atoms with E-state index in [1.807, 2.05) is 0 Å². The van der Waals surface area contributed by atoms with Crippen LogP contribution in [0.1, 0.15) is 39.0 Å². The van der Waals surface area contributed by atoms with Crippen LogP contribution < -0.4 is 10.9 Å². The molecule has 150 valence electrons. The van der Waals surface area contributed by atoms with Crippen LogP contribution in [0.5, 0.6) is 0 Å². The summed E-state index contributed by atoms with van der Waals surface area (Å²) in [4.78, 5) is 40.9. The van der Waals surface area contributed by atoms with Gasteiger partial charge < -0.3 is 10.4 Å². The van der Waals surface area contributed by atoms with Gasteiger partial charge in [-0.3, -0.25) is 19.0 Å². The molecule has 28 heavy (non-hydrogen) atoms. The number of amides is 1. The zero-order valence-electron chi connectivity index (χ0n) is 15.5. The highest BCUT2D eigenvalue weighted by molar-refractivity contribution is 8.00. The van der Waals surface area contributed by atoms with Crippen molar-refractivity contribution in [3.05, 3.63) is 33.6 Å². The molecular weight excluding hydrogens is 402 g/mol. The molecule has 7 nitrogen and oxygen atoms in total. The fraction of sp³-hybridized carbons (Fsp3) is 0.474. The van der Waals surface area contributed by atoms with E-state index in [9.17, 15) is 14.4 Å². The second kappa shape index (κ2) is 8.96. The Kier molecular flexibility index (Phi) is 6.61. The fourth-order valence-electron chi connectivity index (χ4n) is 3.27. The van der Waals surface area contributed by atoms with Gasteiger partial charge in [-0.05, 0) is 38.0 Å². The van der Waals surface area contributed by atoms with Crippen LogP contribution in [0.2, 0.25) is 5.02 Å². The largest absolute Gasteiger partial charge is 0.481 e. The number of carboxylic acids is 1. The van der Waals surface area contributed by atoms with E-state index in [2.05, 4.69) is 10.3 Å². The van der Waals surface area contributed by atoms with Crippen LogP contribution in [-0.4, -0.2) is 37.8 Å². The van der Waals surface area contributed by atoms with E-state index in [1.54, 1.807) is 25.1 Å². The van der Waals surface area contributed by atoms with Gasteiger partial charge in [0.05, 0.1) is 22.6 Å². The lowest BCUT2D eigenvalue weighted by Crippen LogP contribution is -2.38. The van der Waals surface area contributed by atoms with Crippen molar-refractivity contribution in [3.63, 3.8) is 0 Å². The summed E-state index contributed by atoms with van der Waals surface area (Å²) in [6.45, 7) is 1.74. The number of nitrogens with zero attached hydrogens (tertiary/aromatic N) is 2. The minimum absolute atomic E-state index is 0.0149. The number of carbonyl (C=O) groups is 2. The normalized spacial score (nSPS) is 15.6. The van der Waals surface area contributed by atoms with Gasteiger partial charge in [-0.25, -0.2) is 4.98 Å². The molecule has 2 N–H and O–H groups in total. The number of halogens is 1. The number of aromatic nitrogens is 2. The summed E-state index contributed by atoms with van der Waals surface area (Å²) in [5, 5.41) is 12.7. The first-order valence-corrected chi connectivity index (χ1v) is 10.5. The minimum atomic E-state index is -1.01. The highest BCUT2D eigenvalue weighted by Crippen LogP contribution is 2.25. The lowest BCUT2D eigenvalue weighted by Gasteiger charge is -2.18. The van der Waals surface area contributed by atoms with E-state index in [0.29, 0.717) is 21.1 Å². The molecule has 0 bridgehead atoms. The molecule has 1 aliphatic rings. The van der Waals surface area contributed by atoms with E-state index in [1.165, 1.54) is 4.57 Å². The molecule has 3 rings (SSSR count). The maximum atomic E-state index is 12.9. The van der Waals surface area contributed by atoms with Crippen LogP contribution in [0.25, 0.3) is 10.9 Å².